The number of hydrogen-bond acceptors (Lipinski definition) is 2. The second-order valence-electron chi connectivity index (χ2n) is 8.85. The maximum absolute atomic E-state index is 12.9. The van der Waals surface area contributed by atoms with Crippen LogP contribution in [0.2, 0.25) is 0 Å². The highest BCUT2D eigenvalue weighted by Crippen LogP contribution is 2.52. The molecule has 146 valence electrons. The molecule has 3 saturated heterocycles. The summed E-state index contributed by atoms with van der Waals surface area (Å²) >= 11 is 0. The van der Waals surface area contributed by atoms with E-state index in [2.05, 4.69) is 60.4 Å². The van der Waals surface area contributed by atoms with Gasteiger partial charge in [0, 0.05) is 32.2 Å². The average Bonchev–Trinajstić information content (AvgIpc) is 2.75. The van der Waals surface area contributed by atoms with E-state index in [1.54, 1.807) is 0 Å². The third-order valence-corrected chi connectivity index (χ3v) is 7.16. The Morgan fingerprint density at radius 1 is 0.964 bits per heavy atom. The Morgan fingerprint density at radius 2 is 1.64 bits per heavy atom. The number of carbonyl (C=O) groups is 1. The number of amides is 1. The van der Waals surface area contributed by atoms with E-state index >= 15 is 0 Å². The molecule has 0 N–H and O–H groups in total. The Morgan fingerprint density at radius 3 is 2.32 bits per heavy atom. The number of rotatable bonds is 3. The maximum Gasteiger partial charge on any atom is 0.225 e. The summed E-state index contributed by atoms with van der Waals surface area (Å²) in [6, 6.07) is 17.8. The lowest BCUT2D eigenvalue weighted by atomic mass is 9.59. The summed E-state index contributed by atoms with van der Waals surface area (Å²) in [6.07, 6.45) is 3.07. The van der Waals surface area contributed by atoms with Gasteiger partial charge in [-0.2, -0.15) is 0 Å². The number of nitrogens with zero attached hydrogens (tertiary/aromatic N) is 1. The van der Waals surface area contributed by atoms with Gasteiger partial charge < -0.3 is 9.64 Å². The van der Waals surface area contributed by atoms with Crippen LogP contribution in [-0.2, 0) is 9.53 Å². The van der Waals surface area contributed by atoms with Crippen molar-refractivity contribution in [3.8, 4) is 11.1 Å². The van der Waals surface area contributed by atoms with E-state index in [1.807, 2.05) is 0 Å². The van der Waals surface area contributed by atoms with Crippen molar-refractivity contribution in [3.05, 3.63) is 59.7 Å². The number of ether oxygens (including phenoxy) is 1. The predicted octanol–water partition coefficient (Wildman–Crippen LogP) is 4.65. The summed E-state index contributed by atoms with van der Waals surface area (Å²) in [5.74, 6) is 2.47. The smallest absolute Gasteiger partial charge is 0.225 e. The number of hydrogen-bond donors (Lipinski definition) is 0. The van der Waals surface area contributed by atoms with Crippen molar-refractivity contribution in [2.45, 2.75) is 32.1 Å². The monoisotopic (exact) mass is 375 g/mol. The first kappa shape index (κ1) is 17.9. The first-order valence-electron chi connectivity index (χ1n) is 10.7. The molecule has 0 spiro atoms. The van der Waals surface area contributed by atoms with E-state index in [9.17, 15) is 4.79 Å². The molecule has 3 aliphatic heterocycles. The van der Waals surface area contributed by atoms with Gasteiger partial charge >= 0.3 is 0 Å². The van der Waals surface area contributed by atoms with Gasteiger partial charge in [0.15, 0.2) is 0 Å². The number of benzene rings is 2. The summed E-state index contributed by atoms with van der Waals surface area (Å²) in [7, 11) is 0. The van der Waals surface area contributed by atoms with Crippen molar-refractivity contribution >= 4 is 5.91 Å². The molecule has 3 heterocycles. The quantitative estimate of drug-likeness (QED) is 0.781. The van der Waals surface area contributed by atoms with Crippen molar-refractivity contribution in [1.82, 2.24) is 4.90 Å². The van der Waals surface area contributed by atoms with Crippen molar-refractivity contribution in [2.75, 3.05) is 26.3 Å². The van der Waals surface area contributed by atoms with Crippen LogP contribution in [-0.4, -0.2) is 37.1 Å². The summed E-state index contributed by atoms with van der Waals surface area (Å²) in [6.45, 7) is 5.54. The normalized spacial score (nSPS) is 27.3. The van der Waals surface area contributed by atoms with Crippen LogP contribution in [0.3, 0.4) is 0 Å². The molecule has 2 atom stereocenters. The molecule has 4 aliphatic rings. The number of aryl methyl sites for hydroxylation is 1. The molecule has 2 aromatic rings. The van der Waals surface area contributed by atoms with E-state index in [0.717, 1.165) is 39.1 Å². The molecule has 3 heteroatoms. The number of fused-ring (bicyclic) bond motifs is 2. The first-order chi connectivity index (χ1) is 13.7. The van der Waals surface area contributed by atoms with Gasteiger partial charge in [-0.25, -0.2) is 0 Å². The van der Waals surface area contributed by atoms with Gasteiger partial charge in [0.1, 0.15) is 0 Å². The van der Waals surface area contributed by atoms with Crippen LogP contribution >= 0.6 is 0 Å². The van der Waals surface area contributed by atoms with E-state index in [-0.39, 0.29) is 5.92 Å². The number of piperidine rings is 2. The zero-order valence-electron chi connectivity index (χ0n) is 16.6. The van der Waals surface area contributed by atoms with Gasteiger partial charge in [-0.3, -0.25) is 4.79 Å². The van der Waals surface area contributed by atoms with Crippen LogP contribution in [0.4, 0.5) is 0 Å². The highest BCUT2D eigenvalue weighted by atomic mass is 16.5. The molecule has 1 aliphatic carbocycles. The molecule has 1 amide bonds. The second kappa shape index (κ2) is 7.36. The van der Waals surface area contributed by atoms with Crippen LogP contribution in [0.15, 0.2) is 48.5 Å². The van der Waals surface area contributed by atoms with Gasteiger partial charge in [0.2, 0.25) is 5.91 Å². The van der Waals surface area contributed by atoms with Gasteiger partial charge in [-0.1, -0.05) is 48.5 Å². The van der Waals surface area contributed by atoms with E-state index in [0.29, 0.717) is 23.7 Å². The van der Waals surface area contributed by atoms with Crippen LogP contribution in [0.5, 0.6) is 0 Å². The largest absolute Gasteiger partial charge is 0.381 e. The molecule has 4 fully saturated rings. The topological polar surface area (TPSA) is 29.5 Å². The Labute approximate surface area is 167 Å². The Bertz CT molecular complexity index is 841. The zero-order chi connectivity index (χ0) is 19.1. The SMILES string of the molecule is Cc1ccccc1-c1ccc(C2C3CC2CN(C(=O)C2CCOCC2)C3)cc1. The molecule has 2 bridgehead atoms. The van der Waals surface area contributed by atoms with E-state index in [4.69, 9.17) is 4.74 Å². The zero-order valence-corrected chi connectivity index (χ0v) is 16.6. The summed E-state index contributed by atoms with van der Waals surface area (Å²) in [4.78, 5) is 15.0. The Kier molecular flexibility index (Phi) is 4.72. The van der Waals surface area contributed by atoms with Crippen LogP contribution in [0, 0.1) is 24.7 Å². The lowest BCUT2D eigenvalue weighted by molar-refractivity contribution is -0.146. The third-order valence-electron chi connectivity index (χ3n) is 7.16. The molecule has 2 unspecified atom stereocenters. The molecule has 1 saturated carbocycles. The van der Waals surface area contributed by atoms with Gasteiger partial charge in [-0.15, -0.1) is 0 Å². The highest BCUT2D eigenvalue weighted by molar-refractivity contribution is 5.79. The molecular weight excluding hydrogens is 346 g/mol. The van der Waals surface area contributed by atoms with Crippen molar-refractivity contribution < 1.29 is 9.53 Å². The minimum absolute atomic E-state index is 0.193. The van der Waals surface area contributed by atoms with E-state index in [1.165, 1.54) is 28.7 Å². The first-order valence-corrected chi connectivity index (χ1v) is 10.7. The molecule has 2 aromatic carbocycles. The standard InChI is InChI=1S/C25H29NO2/c1-17-4-2-3-5-23(17)18-6-8-19(9-7-18)24-21-14-22(24)16-26(15-21)25(27)20-10-12-28-13-11-20/h2-9,20-22,24H,10-16H2,1H3. The van der Waals surface area contributed by atoms with Crippen molar-refractivity contribution in [2.24, 2.45) is 17.8 Å². The molecular formula is C25H29NO2. The van der Waals surface area contributed by atoms with Gasteiger partial charge in [-0.05, 0) is 66.2 Å². The van der Waals surface area contributed by atoms with Crippen molar-refractivity contribution in [3.63, 3.8) is 0 Å². The van der Waals surface area contributed by atoms with Crippen LogP contribution in [0.1, 0.15) is 36.3 Å². The Balaban J connectivity index is 1.27. The lowest BCUT2D eigenvalue weighted by Gasteiger charge is -2.54. The molecule has 28 heavy (non-hydrogen) atoms. The van der Waals surface area contributed by atoms with E-state index < -0.39 is 0 Å². The highest BCUT2D eigenvalue weighted by Gasteiger charge is 2.48. The minimum Gasteiger partial charge on any atom is -0.381 e. The third kappa shape index (κ3) is 3.16. The lowest BCUT2D eigenvalue weighted by Crippen LogP contribution is -2.56. The molecule has 3 nitrogen and oxygen atoms in total. The fourth-order valence-electron chi connectivity index (χ4n) is 5.60. The second-order valence-corrected chi connectivity index (χ2v) is 8.85. The van der Waals surface area contributed by atoms with Crippen LogP contribution < -0.4 is 0 Å². The van der Waals surface area contributed by atoms with Crippen molar-refractivity contribution in [1.29, 1.82) is 0 Å². The predicted molar refractivity (Wildman–Crippen MR) is 111 cm³/mol. The summed E-state index contributed by atoms with van der Waals surface area (Å²) in [5, 5.41) is 0. The summed E-state index contributed by atoms with van der Waals surface area (Å²) in [5.41, 5.74) is 5.38. The average molecular weight is 376 g/mol. The molecule has 0 aromatic heterocycles. The minimum atomic E-state index is 0.193. The molecule has 0 radical (unpaired) electrons. The van der Waals surface area contributed by atoms with Gasteiger partial charge in [0.05, 0.1) is 0 Å². The fraction of sp³-hybridized carbons (Fsp3) is 0.480. The van der Waals surface area contributed by atoms with Crippen LogP contribution in [0.25, 0.3) is 11.1 Å². The molecule has 6 rings (SSSR count). The van der Waals surface area contributed by atoms with Gasteiger partial charge in [0.25, 0.3) is 0 Å². The fourth-order valence-corrected chi connectivity index (χ4v) is 5.60. The maximum atomic E-state index is 12.9. The summed E-state index contributed by atoms with van der Waals surface area (Å²) < 4.78 is 5.42. The Hall–Kier alpha value is -2.13. The number of carbonyl (C=O) groups excluding carboxylic acids is 1.